The average molecular weight is 321 g/mol. The van der Waals surface area contributed by atoms with Gasteiger partial charge in [-0.2, -0.15) is 11.8 Å². The predicted octanol–water partition coefficient (Wildman–Crippen LogP) is 4.36. The largest absolute Gasteiger partial charge is 0.327 e. The molecule has 2 aromatic rings. The summed E-state index contributed by atoms with van der Waals surface area (Å²) in [4.78, 5) is 4.46. The molecule has 1 unspecified atom stereocenters. The Balaban J connectivity index is 2.55. The molecule has 1 aromatic heterocycles. The monoisotopic (exact) mass is 320 g/mol. The summed E-state index contributed by atoms with van der Waals surface area (Å²) in [6.07, 6.45) is 2.73. The lowest BCUT2D eigenvalue weighted by Gasteiger charge is -2.13. The molecule has 0 aliphatic rings. The third-order valence-electron chi connectivity index (χ3n) is 3.03. The molecule has 1 heterocycles. The van der Waals surface area contributed by atoms with E-state index >= 15 is 0 Å². The van der Waals surface area contributed by atoms with E-state index in [0.717, 1.165) is 17.9 Å². The van der Waals surface area contributed by atoms with Crippen LogP contribution in [-0.2, 0) is 13.0 Å². The van der Waals surface area contributed by atoms with Crippen molar-refractivity contribution >= 4 is 46.0 Å². The summed E-state index contributed by atoms with van der Waals surface area (Å²) in [6.45, 7) is 2.96. The van der Waals surface area contributed by atoms with Gasteiger partial charge < -0.3 is 4.57 Å². The van der Waals surface area contributed by atoms with Crippen LogP contribution in [0.2, 0.25) is 5.02 Å². The number of nitrogens with zero attached hydrogens (tertiary/aromatic N) is 2. The highest BCUT2D eigenvalue weighted by Crippen LogP contribution is 2.25. The lowest BCUT2D eigenvalue weighted by molar-refractivity contribution is 0.629. The molecule has 104 valence electrons. The van der Waals surface area contributed by atoms with Crippen LogP contribution in [-0.4, -0.2) is 26.9 Å². The minimum absolute atomic E-state index is 0.128. The highest BCUT2D eigenvalue weighted by atomic mass is 35.5. The molecule has 0 bridgehead atoms. The lowest BCUT2D eigenvalue weighted by atomic mass is 10.3. The Bertz CT molecular complexity index is 586. The zero-order valence-electron chi connectivity index (χ0n) is 10.8. The summed E-state index contributed by atoms with van der Waals surface area (Å²) in [7, 11) is 0. The topological polar surface area (TPSA) is 17.8 Å². The van der Waals surface area contributed by atoms with Gasteiger partial charge in [-0.3, -0.25) is 0 Å². The zero-order valence-corrected chi connectivity index (χ0v) is 13.1. The van der Waals surface area contributed by atoms with Crippen LogP contribution < -0.4 is 0 Å². The van der Waals surface area contributed by atoms with Gasteiger partial charge in [0, 0.05) is 30.2 Å². The molecule has 0 aliphatic heterocycles. The van der Waals surface area contributed by atoms with Crippen LogP contribution in [0.5, 0.6) is 0 Å². The van der Waals surface area contributed by atoms with Crippen LogP contribution >= 0.6 is 35.0 Å². The molecule has 0 saturated carbocycles. The maximum atomic E-state index is 13.5. The molecule has 1 aromatic carbocycles. The Morgan fingerprint density at radius 2 is 2.21 bits per heavy atom. The van der Waals surface area contributed by atoms with Gasteiger partial charge in [-0.25, -0.2) is 9.37 Å². The van der Waals surface area contributed by atoms with Crippen molar-refractivity contribution in [2.24, 2.45) is 0 Å². The first-order valence-electron chi connectivity index (χ1n) is 5.99. The number of hydrogen-bond acceptors (Lipinski definition) is 2. The van der Waals surface area contributed by atoms with Gasteiger partial charge in [-0.05, 0) is 12.3 Å². The number of fused-ring (bicyclic) bond motifs is 1. The maximum absolute atomic E-state index is 13.5. The van der Waals surface area contributed by atoms with E-state index in [2.05, 4.69) is 22.7 Å². The molecule has 19 heavy (non-hydrogen) atoms. The molecule has 0 fully saturated rings. The van der Waals surface area contributed by atoms with Crippen molar-refractivity contribution in [3.63, 3.8) is 0 Å². The molecule has 6 heteroatoms. The third-order valence-corrected chi connectivity index (χ3v) is 4.46. The van der Waals surface area contributed by atoms with Gasteiger partial charge in [0.2, 0.25) is 0 Å². The predicted molar refractivity (Wildman–Crippen MR) is 82.1 cm³/mol. The van der Waals surface area contributed by atoms with Gasteiger partial charge >= 0.3 is 0 Å². The number of aromatic nitrogens is 2. The number of thioether (sulfide) groups is 1. The van der Waals surface area contributed by atoms with E-state index in [1.807, 2.05) is 0 Å². The maximum Gasteiger partial charge on any atom is 0.144 e. The molecular formula is C13H15Cl2FN2S. The molecule has 0 saturated heterocycles. The number of rotatable bonds is 5. The quantitative estimate of drug-likeness (QED) is 0.762. The van der Waals surface area contributed by atoms with Gasteiger partial charge in [0.15, 0.2) is 0 Å². The molecule has 2 nitrogen and oxygen atoms in total. The fraction of sp³-hybridized carbons (Fsp3) is 0.462. The fourth-order valence-corrected chi connectivity index (χ4v) is 2.61. The summed E-state index contributed by atoms with van der Waals surface area (Å²) in [5, 5.41) is 0.568. The standard InChI is InChI=1S/C13H15Cl2FN2S/c1-8(19-2)7-18-12-5-9(15)10(16)6-11(12)17-13(18)3-4-14/h5-6,8H,3-4,7H2,1-2H3. The molecular weight excluding hydrogens is 306 g/mol. The van der Waals surface area contributed by atoms with E-state index in [4.69, 9.17) is 23.2 Å². The number of alkyl halides is 1. The summed E-state index contributed by atoms with van der Waals surface area (Å²) >= 11 is 13.5. The smallest absolute Gasteiger partial charge is 0.144 e. The van der Waals surface area contributed by atoms with Gasteiger partial charge in [0.1, 0.15) is 11.6 Å². The number of halogens is 3. The van der Waals surface area contributed by atoms with E-state index in [1.54, 1.807) is 17.8 Å². The molecule has 0 aliphatic carbocycles. The van der Waals surface area contributed by atoms with Crippen molar-refractivity contribution in [3.05, 3.63) is 28.8 Å². The Morgan fingerprint density at radius 1 is 1.47 bits per heavy atom. The number of benzene rings is 1. The molecule has 2 rings (SSSR count). The van der Waals surface area contributed by atoms with Crippen LogP contribution in [0.4, 0.5) is 4.39 Å². The SMILES string of the molecule is CSC(C)Cn1c(CCCl)nc2cc(F)c(Cl)cc21. The average Bonchev–Trinajstić information content (AvgIpc) is 2.68. The Hall–Kier alpha value is -0.450. The highest BCUT2D eigenvalue weighted by Gasteiger charge is 2.15. The van der Waals surface area contributed by atoms with Crippen molar-refractivity contribution in [1.29, 1.82) is 0 Å². The molecule has 1 atom stereocenters. The van der Waals surface area contributed by atoms with E-state index in [-0.39, 0.29) is 5.02 Å². The van der Waals surface area contributed by atoms with Gasteiger partial charge in [0.25, 0.3) is 0 Å². The zero-order chi connectivity index (χ0) is 14.0. The minimum Gasteiger partial charge on any atom is -0.327 e. The summed E-state index contributed by atoms with van der Waals surface area (Å²) in [5.41, 5.74) is 1.50. The van der Waals surface area contributed by atoms with E-state index < -0.39 is 5.82 Å². The molecule has 0 N–H and O–H groups in total. The third kappa shape index (κ3) is 3.18. The van der Waals surface area contributed by atoms with Crippen LogP contribution in [0, 0.1) is 5.82 Å². The van der Waals surface area contributed by atoms with Crippen molar-refractivity contribution in [3.8, 4) is 0 Å². The lowest BCUT2D eigenvalue weighted by Crippen LogP contribution is -2.12. The van der Waals surface area contributed by atoms with Crippen molar-refractivity contribution in [1.82, 2.24) is 9.55 Å². The van der Waals surface area contributed by atoms with Crippen LogP contribution in [0.1, 0.15) is 12.7 Å². The van der Waals surface area contributed by atoms with Crippen LogP contribution in [0.3, 0.4) is 0 Å². The second-order valence-corrected chi connectivity index (χ2v) is 6.44. The number of aryl methyl sites for hydroxylation is 1. The van der Waals surface area contributed by atoms with E-state index in [1.165, 1.54) is 6.07 Å². The van der Waals surface area contributed by atoms with E-state index in [9.17, 15) is 4.39 Å². The van der Waals surface area contributed by atoms with Crippen molar-refractivity contribution < 1.29 is 4.39 Å². The van der Waals surface area contributed by atoms with Crippen molar-refractivity contribution in [2.75, 3.05) is 12.1 Å². The van der Waals surface area contributed by atoms with Gasteiger partial charge in [-0.15, -0.1) is 11.6 Å². The second-order valence-electron chi connectivity index (χ2n) is 4.38. The van der Waals surface area contributed by atoms with Gasteiger partial charge in [-0.1, -0.05) is 18.5 Å². The molecule has 0 radical (unpaired) electrons. The first kappa shape index (κ1) is 14.9. The minimum atomic E-state index is -0.436. The second kappa shape index (κ2) is 6.33. The van der Waals surface area contributed by atoms with Crippen LogP contribution in [0.25, 0.3) is 11.0 Å². The van der Waals surface area contributed by atoms with E-state index in [0.29, 0.717) is 23.1 Å². The summed E-state index contributed by atoms with van der Waals surface area (Å²) in [5.74, 6) is 0.939. The Labute approximate surface area is 126 Å². The first-order chi connectivity index (χ1) is 9.06. The molecule has 0 spiro atoms. The number of imidazole rings is 1. The fourth-order valence-electron chi connectivity index (χ4n) is 1.98. The number of hydrogen-bond donors (Lipinski definition) is 0. The first-order valence-corrected chi connectivity index (χ1v) is 8.19. The Morgan fingerprint density at radius 3 is 2.84 bits per heavy atom. The van der Waals surface area contributed by atoms with Crippen LogP contribution in [0.15, 0.2) is 12.1 Å². The normalized spacial score (nSPS) is 13.1. The van der Waals surface area contributed by atoms with Gasteiger partial charge in [0.05, 0.1) is 16.1 Å². The molecule has 0 amide bonds. The summed E-state index contributed by atoms with van der Waals surface area (Å²) < 4.78 is 15.6. The highest BCUT2D eigenvalue weighted by molar-refractivity contribution is 7.99. The van der Waals surface area contributed by atoms with Crippen molar-refractivity contribution in [2.45, 2.75) is 25.1 Å². The summed E-state index contributed by atoms with van der Waals surface area (Å²) in [6, 6.07) is 3.03. The Kier molecular flexibility index (Phi) is 4.98.